The first-order valence-corrected chi connectivity index (χ1v) is 6.14. The van der Waals surface area contributed by atoms with Gasteiger partial charge in [0.1, 0.15) is 11.3 Å². The van der Waals surface area contributed by atoms with Crippen molar-refractivity contribution in [2.45, 2.75) is 19.3 Å². The SMILES string of the molecule is O=c1[nH]c(=O)c2[nH]c(CC3CCCNC3)nc2[nH]1. The Labute approximate surface area is 102 Å². The van der Waals surface area contributed by atoms with Gasteiger partial charge in [0, 0.05) is 6.42 Å². The van der Waals surface area contributed by atoms with E-state index in [1.165, 1.54) is 6.42 Å². The maximum atomic E-state index is 11.5. The van der Waals surface area contributed by atoms with E-state index >= 15 is 0 Å². The van der Waals surface area contributed by atoms with Gasteiger partial charge in [-0.3, -0.25) is 14.8 Å². The lowest BCUT2D eigenvalue weighted by atomic mass is 9.96. The molecule has 1 saturated heterocycles. The van der Waals surface area contributed by atoms with E-state index in [-0.39, 0.29) is 0 Å². The first-order chi connectivity index (χ1) is 8.72. The van der Waals surface area contributed by atoms with E-state index in [1.54, 1.807) is 0 Å². The molecule has 0 bridgehead atoms. The maximum absolute atomic E-state index is 11.5. The van der Waals surface area contributed by atoms with E-state index in [0.29, 0.717) is 17.1 Å². The largest absolute Gasteiger partial charge is 0.336 e. The summed E-state index contributed by atoms with van der Waals surface area (Å²) < 4.78 is 0. The van der Waals surface area contributed by atoms with Crippen molar-refractivity contribution in [1.82, 2.24) is 25.3 Å². The normalized spacial score (nSPS) is 20.3. The van der Waals surface area contributed by atoms with E-state index in [2.05, 4.69) is 25.3 Å². The highest BCUT2D eigenvalue weighted by atomic mass is 16.2. The zero-order chi connectivity index (χ0) is 12.5. The topological polar surface area (TPSA) is 106 Å². The molecule has 3 heterocycles. The van der Waals surface area contributed by atoms with Crippen LogP contribution in [0, 0.1) is 5.92 Å². The highest BCUT2D eigenvalue weighted by molar-refractivity contribution is 5.68. The summed E-state index contributed by atoms with van der Waals surface area (Å²) in [5.41, 5.74) is -0.268. The molecule has 7 heteroatoms. The molecule has 2 aromatic rings. The first-order valence-electron chi connectivity index (χ1n) is 6.14. The van der Waals surface area contributed by atoms with Gasteiger partial charge in [-0.15, -0.1) is 0 Å². The van der Waals surface area contributed by atoms with Gasteiger partial charge in [0.25, 0.3) is 5.56 Å². The Hall–Kier alpha value is -1.89. The molecular weight excluding hydrogens is 234 g/mol. The van der Waals surface area contributed by atoms with Crippen LogP contribution in [0.2, 0.25) is 0 Å². The molecule has 0 spiro atoms. The Bertz CT molecular complexity index is 662. The Morgan fingerprint density at radius 1 is 1.22 bits per heavy atom. The summed E-state index contributed by atoms with van der Waals surface area (Å²) in [5, 5.41) is 3.34. The van der Waals surface area contributed by atoms with E-state index in [0.717, 1.165) is 31.8 Å². The first kappa shape index (κ1) is 11.2. The number of hydrogen-bond donors (Lipinski definition) is 4. The molecule has 1 fully saturated rings. The Balaban J connectivity index is 1.91. The highest BCUT2D eigenvalue weighted by Crippen LogP contribution is 2.15. The minimum atomic E-state index is -0.523. The fourth-order valence-corrected chi connectivity index (χ4v) is 2.45. The fourth-order valence-electron chi connectivity index (χ4n) is 2.45. The van der Waals surface area contributed by atoms with Crippen LogP contribution in [0.5, 0.6) is 0 Å². The van der Waals surface area contributed by atoms with Crippen LogP contribution in [0.25, 0.3) is 11.2 Å². The van der Waals surface area contributed by atoms with E-state index < -0.39 is 11.2 Å². The number of hydrogen-bond acceptors (Lipinski definition) is 4. The summed E-state index contributed by atoms with van der Waals surface area (Å²) in [6.45, 7) is 2.05. The number of imidazole rings is 1. The predicted molar refractivity (Wildman–Crippen MR) is 66.6 cm³/mol. The van der Waals surface area contributed by atoms with Gasteiger partial charge in [-0.2, -0.15) is 0 Å². The van der Waals surface area contributed by atoms with Crippen molar-refractivity contribution in [3.8, 4) is 0 Å². The minimum Gasteiger partial charge on any atom is -0.336 e. The molecule has 0 aliphatic carbocycles. The fraction of sp³-hybridized carbons (Fsp3) is 0.545. The summed E-state index contributed by atoms with van der Waals surface area (Å²) in [6.07, 6.45) is 3.13. The Kier molecular flexibility index (Phi) is 2.75. The number of aromatic nitrogens is 4. The molecule has 0 saturated carbocycles. The molecular formula is C11H15N5O2. The molecule has 1 aliphatic rings. The quantitative estimate of drug-likeness (QED) is 0.574. The molecule has 0 aromatic carbocycles. The summed E-state index contributed by atoms with van der Waals surface area (Å²) in [6, 6.07) is 0. The molecule has 7 nitrogen and oxygen atoms in total. The zero-order valence-electron chi connectivity index (χ0n) is 9.88. The minimum absolute atomic E-state index is 0.336. The van der Waals surface area contributed by atoms with Crippen molar-refractivity contribution in [3.63, 3.8) is 0 Å². The Morgan fingerprint density at radius 3 is 2.89 bits per heavy atom. The molecule has 96 valence electrons. The van der Waals surface area contributed by atoms with Crippen LogP contribution in [0.15, 0.2) is 9.59 Å². The lowest BCUT2D eigenvalue weighted by molar-refractivity contribution is 0.371. The second kappa shape index (κ2) is 4.41. The van der Waals surface area contributed by atoms with Crippen LogP contribution in [0.3, 0.4) is 0 Å². The van der Waals surface area contributed by atoms with Crippen LogP contribution in [-0.2, 0) is 6.42 Å². The summed E-state index contributed by atoms with van der Waals surface area (Å²) in [7, 11) is 0. The lowest BCUT2D eigenvalue weighted by Gasteiger charge is -2.21. The van der Waals surface area contributed by atoms with E-state index in [9.17, 15) is 9.59 Å². The molecule has 3 rings (SSSR count). The van der Waals surface area contributed by atoms with Gasteiger partial charge >= 0.3 is 5.69 Å². The van der Waals surface area contributed by atoms with E-state index in [1.807, 2.05) is 0 Å². The van der Waals surface area contributed by atoms with Crippen molar-refractivity contribution in [2.75, 3.05) is 13.1 Å². The molecule has 1 aliphatic heterocycles. The van der Waals surface area contributed by atoms with Crippen LogP contribution in [-0.4, -0.2) is 33.0 Å². The number of nitrogens with zero attached hydrogens (tertiary/aromatic N) is 1. The molecule has 0 amide bonds. The number of piperidine rings is 1. The van der Waals surface area contributed by atoms with Crippen LogP contribution >= 0.6 is 0 Å². The van der Waals surface area contributed by atoms with Crippen LogP contribution in [0.4, 0.5) is 0 Å². The third-order valence-electron chi connectivity index (χ3n) is 3.32. The van der Waals surface area contributed by atoms with E-state index in [4.69, 9.17) is 0 Å². The monoisotopic (exact) mass is 249 g/mol. The number of aromatic amines is 3. The van der Waals surface area contributed by atoms with Gasteiger partial charge in [0.15, 0.2) is 5.65 Å². The third kappa shape index (κ3) is 2.08. The number of fused-ring (bicyclic) bond motifs is 1. The van der Waals surface area contributed by atoms with Crippen molar-refractivity contribution in [2.24, 2.45) is 5.92 Å². The zero-order valence-corrected chi connectivity index (χ0v) is 9.88. The van der Waals surface area contributed by atoms with Gasteiger partial charge in [-0.25, -0.2) is 9.78 Å². The average Bonchev–Trinajstić information content (AvgIpc) is 2.73. The van der Waals surface area contributed by atoms with Crippen LogP contribution in [0.1, 0.15) is 18.7 Å². The molecule has 1 unspecified atom stereocenters. The summed E-state index contributed by atoms with van der Waals surface area (Å²) >= 11 is 0. The third-order valence-corrected chi connectivity index (χ3v) is 3.32. The second-order valence-electron chi connectivity index (χ2n) is 4.73. The average molecular weight is 249 g/mol. The van der Waals surface area contributed by atoms with Gasteiger partial charge in [-0.05, 0) is 31.8 Å². The number of rotatable bonds is 2. The van der Waals surface area contributed by atoms with Crippen LogP contribution < -0.4 is 16.6 Å². The van der Waals surface area contributed by atoms with Gasteiger partial charge in [0.05, 0.1) is 0 Å². The van der Waals surface area contributed by atoms with Gasteiger partial charge in [0.2, 0.25) is 0 Å². The smallest absolute Gasteiger partial charge is 0.327 e. The molecule has 18 heavy (non-hydrogen) atoms. The summed E-state index contributed by atoms with van der Waals surface area (Å²) in [5.74, 6) is 1.29. The summed E-state index contributed by atoms with van der Waals surface area (Å²) in [4.78, 5) is 34.6. The molecule has 4 N–H and O–H groups in total. The second-order valence-corrected chi connectivity index (χ2v) is 4.73. The van der Waals surface area contributed by atoms with Gasteiger partial charge in [-0.1, -0.05) is 0 Å². The maximum Gasteiger partial charge on any atom is 0.327 e. The van der Waals surface area contributed by atoms with Crippen molar-refractivity contribution >= 4 is 11.2 Å². The molecule has 0 radical (unpaired) electrons. The van der Waals surface area contributed by atoms with Crippen molar-refractivity contribution in [3.05, 3.63) is 26.7 Å². The highest BCUT2D eigenvalue weighted by Gasteiger charge is 2.16. The predicted octanol–water partition coefficient (Wildman–Crippen LogP) is -0.518. The lowest BCUT2D eigenvalue weighted by Crippen LogP contribution is -2.31. The van der Waals surface area contributed by atoms with Crippen molar-refractivity contribution < 1.29 is 0 Å². The standard InChI is InChI=1S/C11H15N5O2/c17-10-8-9(15-11(18)16-10)14-7(13-8)4-6-2-1-3-12-5-6/h6,12H,1-5H2,(H3,13,14,15,16,17,18). The number of H-pyrrole nitrogens is 3. The molecule has 2 aromatic heterocycles. The Morgan fingerprint density at radius 2 is 2.11 bits per heavy atom. The van der Waals surface area contributed by atoms with Crippen molar-refractivity contribution in [1.29, 1.82) is 0 Å². The van der Waals surface area contributed by atoms with Gasteiger partial charge < -0.3 is 10.3 Å². The molecule has 1 atom stereocenters. The number of nitrogens with one attached hydrogen (secondary N) is 4.